The molecule has 12 heteroatoms. The molecule has 37 heavy (non-hydrogen) atoms. The van der Waals surface area contributed by atoms with Crippen molar-refractivity contribution in [1.29, 1.82) is 0 Å². The van der Waals surface area contributed by atoms with Gasteiger partial charge in [-0.05, 0) is 56.4 Å². The molecule has 0 unspecified atom stereocenters. The van der Waals surface area contributed by atoms with Crippen LogP contribution in [0.5, 0.6) is 0 Å². The van der Waals surface area contributed by atoms with E-state index in [1.54, 1.807) is 23.1 Å². The van der Waals surface area contributed by atoms with Crippen LogP contribution in [0.4, 0.5) is 20.3 Å². The van der Waals surface area contributed by atoms with Gasteiger partial charge in [0.05, 0.1) is 17.4 Å². The van der Waals surface area contributed by atoms with Crippen LogP contribution in [0, 0.1) is 11.6 Å². The predicted molar refractivity (Wildman–Crippen MR) is 138 cm³/mol. The lowest BCUT2D eigenvalue weighted by atomic mass is 10.1. The van der Waals surface area contributed by atoms with Crippen LogP contribution in [0.1, 0.15) is 20.8 Å². The maximum absolute atomic E-state index is 15.5. The van der Waals surface area contributed by atoms with Gasteiger partial charge in [-0.1, -0.05) is 0 Å². The normalized spacial score (nSPS) is 14.8. The maximum atomic E-state index is 15.5. The van der Waals surface area contributed by atoms with Crippen molar-refractivity contribution in [1.82, 2.24) is 39.9 Å². The van der Waals surface area contributed by atoms with Gasteiger partial charge in [-0.3, -0.25) is 4.68 Å². The van der Waals surface area contributed by atoms with E-state index in [2.05, 4.69) is 35.8 Å². The van der Waals surface area contributed by atoms with Gasteiger partial charge in [-0.25, -0.2) is 13.8 Å². The van der Waals surface area contributed by atoms with Crippen molar-refractivity contribution in [2.75, 3.05) is 43.4 Å². The van der Waals surface area contributed by atoms with Gasteiger partial charge in [0, 0.05) is 62.3 Å². The number of aromatic nitrogens is 7. The minimum Gasteiger partial charge on any atom is -0.367 e. The topological polar surface area (TPSA) is 92.8 Å². The Hall–Kier alpha value is -3.93. The van der Waals surface area contributed by atoms with Crippen molar-refractivity contribution >= 4 is 11.5 Å². The first-order valence-corrected chi connectivity index (χ1v) is 12.1. The Morgan fingerprint density at radius 2 is 1.62 bits per heavy atom. The van der Waals surface area contributed by atoms with Gasteiger partial charge < -0.3 is 15.1 Å². The smallest absolute Gasteiger partial charge is 0.190 e. The summed E-state index contributed by atoms with van der Waals surface area (Å²) >= 11 is 0. The number of likely N-dealkylation sites (N-methyl/N-ethyl adjacent to an activating group) is 1. The van der Waals surface area contributed by atoms with E-state index in [9.17, 15) is 0 Å². The quantitative estimate of drug-likeness (QED) is 0.439. The Labute approximate surface area is 213 Å². The fourth-order valence-corrected chi connectivity index (χ4v) is 4.32. The fourth-order valence-electron chi connectivity index (χ4n) is 4.32. The highest BCUT2D eigenvalue weighted by molar-refractivity contribution is 5.77. The molecule has 3 aromatic heterocycles. The second-order valence-corrected chi connectivity index (χ2v) is 10.3. The molecule has 1 fully saturated rings. The number of hydrogen-bond donors (Lipinski definition) is 1. The molecule has 1 saturated heterocycles. The fraction of sp³-hybridized carbons (Fsp3) is 0.400. The highest BCUT2D eigenvalue weighted by atomic mass is 19.2. The highest BCUT2D eigenvalue weighted by Gasteiger charge is 2.26. The molecule has 1 aliphatic heterocycles. The number of anilines is 2. The molecular formula is C25H30F2N10. The molecular weight excluding hydrogens is 478 g/mol. The molecule has 0 saturated carbocycles. The number of aryl methyl sites for hydroxylation is 1. The molecule has 194 valence electrons. The number of nitrogens with zero attached hydrogens (tertiary/aromatic N) is 9. The van der Waals surface area contributed by atoms with Crippen molar-refractivity contribution in [3.05, 3.63) is 48.4 Å². The average molecular weight is 509 g/mol. The number of piperazine rings is 1. The van der Waals surface area contributed by atoms with Crippen LogP contribution in [-0.2, 0) is 7.05 Å². The summed E-state index contributed by atoms with van der Waals surface area (Å²) in [5, 5.41) is 19.6. The summed E-state index contributed by atoms with van der Waals surface area (Å²) in [5.41, 5.74) is 2.02. The van der Waals surface area contributed by atoms with E-state index in [4.69, 9.17) is 0 Å². The van der Waals surface area contributed by atoms with E-state index in [1.807, 2.05) is 52.0 Å². The van der Waals surface area contributed by atoms with Crippen molar-refractivity contribution in [3.63, 3.8) is 0 Å². The van der Waals surface area contributed by atoms with Crippen molar-refractivity contribution in [3.8, 4) is 28.2 Å². The van der Waals surface area contributed by atoms with E-state index in [0.717, 1.165) is 24.2 Å². The maximum Gasteiger partial charge on any atom is 0.190 e. The number of hydrogen-bond acceptors (Lipinski definition) is 8. The molecule has 1 N–H and O–H groups in total. The molecule has 0 bridgehead atoms. The molecule has 4 aromatic rings. The van der Waals surface area contributed by atoms with E-state index in [-0.39, 0.29) is 22.7 Å². The second-order valence-electron chi connectivity index (χ2n) is 10.3. The summed E-state index contributed by atoms with van der Waals surface area (Å²) in [6.45, 7) is 8.81. The number of pyridine rings is 1. The van der Waals surface area contributed by atoms with Crippen LogP contribution < -0.4 is 10.2 Å². The first-order valence-electron chi connectivity index (χ1n) is 12.1. The van der Waals surface area contributed by atoms with Crippen LogP contribution in [0.15, 0.2) is 36.8 Å². The monoisotopic (exact) mass is 508 g/mol. The minimum absolute atomic E-state index is 0.0798. The molecule has 0 spiro atoms. The van der Waals surface area contributed by atoms with Crippen molar-refractivity contribution in [2.45, 2.75) is 26.3 Å². The Bertz CT molecular complexity index is 1410. The lowest BCUT2D eigenvalue weighted by molar-refractivity contribution is 0.311. The van der Waals surface area contributed by atoms with E-state index < -0.39 is 11.6 Å². The van der Waals surface area contributed by atoms with Crippen molar-refractivity contribution < 1.29 is 8.78 Å². The van der Waals surface area contributed by atoms with E-state index in [0.29, 0.717) is 24.5 Å². The molecule has 10 nitrogen and oxygen atoms in total. The number of benzene rings is 1. The Kier molecular flexibility index (Phi) is 6.36. The lowest BCUT2D eigenvalue weighted by Gasteiger charge is -2.34. The van der Waals surface area contributed by atoms with Gasteiger partial charge in [-0.2, -0.15) is 9.78 Å². The zero-order chi connectivity index (χ0) is 26.3. The Balaban J connectivity index is 1.59. The first kappa shape index (κ1) is 24.8. The average Bonchev–Trinajstić information content (AvgIpc) is 3.50. The molecule has 5 rings (SSSR count). The summed E-state index contributed by atoms with van der Waals surface area (Å²) in [4.78, 5) is 8.64. The Morgan fingerprint density at radius 3 is 2.30 bits per heavy atom. The molecule has 4 heterocycles. The summed E-state index contributed by atoms with van der Waals surface area (Å²) in [6, 6.07) is 4.97. The summed E-state index contributed by atoms with van der Waals surface area (Å²) < 4.78 is 33.7. The zero-order valence-corrected chi connectivity index (χ0v) is 21.6. The largest absolute Gasteiger partial charge is 0.367 e. The van der Waals surface area contributed by atoms with E-state index >= 15 is 8.78 Å². The number of halogens is 2. The lowest BCUT2D eigenvalue weighted by Crippen LogP contribution is -2.44. The van der Waals surface area contributed by atoms with Gasteiger partial charge in [-0.15, -0.1) is 5.10 Å². The summed E-state index contributed by atoms with van der Waals surface area (Å²) in [7, 11) is 3.84. The van der Waals surface area contributed by atoms with Gasteiger partial charge in [0.25, 0.3) is 0 Å². The number of nitrogens with one attached hydrogen (secondary N) is 1. The summed E-state index contributed by atoms with van der Waals surface area (Å²) in [5.74, 6) is -1.17. The molecule has 0 aliphatic carbocycles. The zero-order valence-electron chi connectivity index (χ0n) is 21.6. The van der Waals surface area contributed by atoms with Crippen LogP contribution in [0.3, 0.4) is 0 Å². The van der Waals surface area contributed by atoms with Gasteiger partial charge in [0.15, 0.2) is 17.5 Å². The third kappa shape index (κ3) is 5.01. The SMILES string of the molecule is CN1CCN(c2ccc(-n3nnnc3-c3cc(-c4cnn(C)c4)cnc3NC(C)(C)C)c(F)c2F)CC1. The summed E-state index contributed by atoms with van der Waals surface area (Å²) in [6.07, 6.45) is 5.33. The standard InChI is InChI=1S/C25H30F2N10/c1-25(2,3)30-23-18(12-16(13-28-23)17-14-29-35(5)15-17)24-31-32-33-37(24)20-7-6-19(21(26)22(20)27)36-10-8-34(4)9-11-36/h6-7,12-15H,8-11H2,1-5H3,(H,28,30). The van der Waals surface area contributed by atoms with Crippen LogP contribution in [0.2, 0.25) is 0 Å². The highest BCUT2D eigenvalue weighted by Crippen LogP contribution is 2.34. The van der Waals surface area contributed by atoms with Crippen LogP contribution in [0.25, 0.3) is 28.2 Å². The minimum atomic E-state index is -1.01. The predicted octanol–water partition coefficient (Wildman–Crippen LogP) is 3.37. The molecule has 1 aliphatic rings. The molecule has 0 amide bonds. The number of rotatable bonds is 5. The van der Waals surface area contributed by atoms with Gasteiger partial charge in [0.2, 0.25) is 0 Å². The third-order valence-corrected chi connectivity index (χ3v) is 6.24. The molecule has 0 radical (unpaired) electrons. The number of tetrazole rings is 1. The van der Waals surface area contributed by atoms with Crippen molar-refractivity contribution in [2.24, 2.45) is 7.05 Å². The third-order valence-electron chi connectivity index (χ3n) is 6.24. The van der Waals surface area contributed by atoms with Gasteiger partial charge in [0.1, 0.15) is 11.5 Å². The molecule has 0 atom stereocenters. The van der Waals surface area contributed by atoms with Gasteiger partial charge >= 0.3 is 0 Å². The van der Waals surface area contributed by atoms with Crippen LogP contribution in [-0.4, -0.2) is 78.6 Å². The van der Waals surface area contributed by atoms with E-state index in [1.165, 1.54) is 10.7 Å². The van der Waals surface area contributed by atoms with Crippen LogP contribution >= 0.6 is 0 Å². The Morgan fingerprint density at radius 1 is 0.919 bits per heavy atom. The molecule has 1 aromatic carbocycles. The first-order chi connectivity index (χ1) is 17.6. The second kappa shape index (κ2) is 9.51.